The van der Waals surface area contributed by atoms with Crippen LogP contribution in [0.4, 0.5) is 0 Å². The number of benzene rings is 1. The molecule has 0 bridgehead atoms. The Morgan fingerprint density at radius 2 is 2.00 bits per heavy atom. The van der Waals surface area contributed by atoms with Crippen molar-refractivity contribution in [2.45, 2.75) is 51.0 Å². The van der Waals surface area contributed by atoms with Crippen LogP contribution in [0.25, 0.3) is 0 Å². The van der Waals surface area contributed by atoms with Gasteiger partial charge in [-0.1, -0.05) is 18.6 Å². The van der Waals surface area contributed by atoms with Gasteiger partial charge in [0.1, 0.15) is 5.75 Å². The largest absolute Gasteiger partial charge is 0.493 e. The Bertz CT molecular complexity index is 525. The van der Waals surface area contributed by atoms with Crippen molar-refractivity contribution >= 4 is 5.97 Å². The second-order valence-electron chi connectivity index (χ2n) is 6.75. The molecule has 0 radical (unpaired) electrons. The maximum absolute atomic E-state index is 11.6. The number of hydrogen-bond acceptors (Lipinski definition) is 4. The predicted octanol–water partition coefficient (Wildman–Crippen LogP) is 3.28. The highest BCUT2D eigenvalue weighted by molar-refractivity contribution is 5.75. The summed E-state index contributed by atoms with van der Waals surface area (Å²) in [5.74, 6) is 1.54. The SMILES string of the molecule is CCOC(=O)[C@H]1C[C@@H]1COc1ccc([C@@H]2CCC[C@H](O)C2)cc1. The van der Waals surface area contributed by atoms with E-state index in [4.69, 9.17) is 9.47 Å². The van der Waals surface area contributed by atoms with Crippen LogP contribution in [-0.2, 0) is 9.53 Å². The van der Waals surface area contributed by atoms with Gasteiger partial charge in [-0.25, -0.2) is 0 Å². The van der Waals surface area contributed by atoms with Crippen LogP contribution in [0.5, 0.6) is 5.75 Å². The van der Waals surface area contributed by atoms with E-state index in [1.165, 1.54) is 5.56 Å². The first-order valence-corrected chi connectivity index (χ1v) is 8.74. The zero-order valence-electron chi connectivity index (χ0n) is 13.7. The highest BCUT2D eigenvalue weighted by Gasteiger charge is 2.44. The lowest BCUT2D eigenvalue weighted by atomic mass is 9.82. The van der Waals surface area contributed by atoms with Gasteiger partial charge in [0.25, 0.3) is 0 Å². The summed E-state index contributed by atoms with van der Waals surface area (Å²) >= 11 is 0. The molecule has 4 nitrogen and oxygen atoms in total. The van der Waals surface area contributed by atoms with E-state index in [1.807, 2.05) is 19.1 Å². The molecule has 1 aromatic rings. The van der Waals surface area contributed by atoms with Gasteiger partial charge in [0.15, 0.2) is 0 Å². The zero-order valence-corrected chi connectivity index (χ0v) is 13.7. The van der Waals surface area contributed by atoms with Gasteiger partial charge in [0.2, 0.25) is 0 Å². The fourth-order valence-corrected chi connectivity index (χ4v) is 3.48. The van der Waals surface area contributed by atoms with Crippen LogP contribution in [0.2, 0.25) is 0 Å². The third-order valence-corrected chi connectivity index (χ3v) is 4.97. The topological polar surface area (TPSA) is 55.8 Å². The monoisotopic (exact) mass is 318 g/mol. The van der Waals surface area contributed by atoms with Crippen molar-refractivity contribution in [3.8, 4) is 5.75 Å². The third-order valence-electron chi connectivity index (χ3n) is 4.97. The molecule has 4 atom stereocenters. The first kappa shape index (κ1) is 16.3. The van der Waals surface area contributed by atoms with E-state index in [-0.39, 0.29) is 18.0 Å². The van der Waals surface area contributed by atoms with Gasteiger partial charge >= 0.3 is 5.97 Å². The Morgan fingerprint density at radius 3 is 2.70 bits per heavy atom. The fourth-order valence-electron chi connectivity index (χ4n) is 3.48. The van der Waals surface area contributed by atoms with Gasteiger partial charge < -0.3 is 14.6 Å². The summed E-state index contributed by atoms with van der Waals surface area (Å²) < 4.78 is 10.8. The van der Waals surface area contributed by atoms with Crippen molar-refractivity contribution in [3.63, 3.8) is 0 Å². The van der Waals surface area contributed by atoms with Crippen molar-refractivity contribution in [3.05, 3.63) is 29.8 Å². The zero-order chi connectivity index (χ0) is 16.2. The van der Waals surface area contributed by atoms with Gasteiger partial charge in [0.05, 0.1) is 25.2 Å². The normalized spacial score (nSPS) is 29.8. The molecule has 0 heterocycles. The molecule has 126 valence electrons. The minimum absolute atomic E-state index is 0.0259. The average molecular weight is 318 g/mol. The van der Waals surface area contributed by atoms with E-state index in [2.05, 4.69) is 12.1 Å². The summed E-state index contributed by atoms with van der Waals surface area (Å²) in [5.41, 5.74) is 1.28. The van der Waals surface area contributed by atoms with Crippen LogP contribution in [0.3, 0.4) is 0 Å². The Hall–Kier alpha value is -1.55. The minimum Gasteiger partial charge on any atom is -0.493 e. The molecular formula is C19H26O4. The van der Waals surface area contributed by atoms with Crippen LogP contribution in [0.15, 0.2) is 24.3 Å². The number of ether oxygens (including phenoxy) is 2. The molecule has 2 saturated carbocycles. The quantitative estimate of drug-likeness (QED) is 0.818. The maximum atomic E-state index is 11.6. The molecule has 0 saturated heterocycles. The number of esters is 1. The van der Waals surface area contributed by atoms with Crippen molar-refractivity contribution in [2.24, 2.45) is 11.8 Å². The highest BCUT2D eigenvalue weighted by Crippen LogP contribution is 2.40. The summed E-state index contributed by atoms with van der Waals surface area (Å²) in [5, 5.41) is 9.79. The molecule has 3 rings (SSSR count). The number of aliphatic hydroxyl groups excluding tert-OH is 1. The van der Waals surface area contributed by atoms with Gasteiger partial charge in [-0.3, -0.25) is 4.79 Å². The van der Waals surface area contributed by atoms with Crippen LogP contribution in [0, 0.1) is 11.8 Å². The maximum Gasteiger partial charge on any atom is 0.309 e. The van der Waals surface area contributed by atoms with E-state index in [0.717, 1.165) is 37.9 Å². The minimum atomic E-state index is -0.153. The summed E-state index contributed by atoms with van der Waals surface area (Å²) in [6.45, 7) is 2.85. The Labute approximate surface area is 137 Å². The van der Waals surface area contributed by atoms with Crippen molar-refractivity contribution in [1.29, 1.82) is 0 Å². The van der Waals surface area contributed by atoms with Crippen LogP contribution < -0.4 is 4.74 Å². The number of carbonyl (C=O) groups is 1. The summed E-state index contributed by atoms with van der Waals surface area (Å²) in [4.78, 5) is 11.6. The second-order valence-corrected chi connectivity index (χ2v) is 6.75. The van der Waals surface area contributed by atoms with Gasteiger partial charge in [-0.05, 0) is 56.2 Å². The standard InChI is InChI=1S/C19H26O4/c1-2-22-19(21)18-11-15(18)12-23-17-8-6-13(7-9-17)14-4-3-5-16(20)10-14/h6-9,14-16,18,20H,2-5,10-12H2,1H3/t14-,15-,16+,18+/m1/s1. The van der Waals surface area contributed by atoms with E-state index in [9.17, 15) is 9.90 Å². The Kier molecular flexibility index (Phi) is 5.21. The van der Waals surface area contributed by atoms with Crippen LogP contribution in [-0.4, -0.2) is 30.4 Å². The number of hydrogen-bond donors (Lipinski definition) is 1. The van der Waals surface area contributed by atoms with E-state index < -0.39 is 0 Å². The lowest BCUT2D eigenvalue weighted by molar-refractivity contribution is -0.145. The van der Waals surface area contributed by atoms with Gasteiger partial charge in [-0.15, -0.1) is 0 Å². The second kappa shape index (κ2) is 7.35. The number of carbonyl (C=O) groups excluding carboxylic acids is 1. The highest BCUT2D eigenvalue weighted by atomic mass is 16.5. The lowest BCUT2D eigenvalue weighted by Crippen LogP contribution is -2.18. The third kappa shape index (κ3) is 4.25. The summed E-state index contributed by atoms with van der Waals surface area (Å²) in [6, 6.07) is 8.21. The molecule has 2 aliphatic rings. The fraction of sp³-hybridized carbons (Fsp3) is 0.632. The van der Waals surface area contributed by atoms with E-state index in [1.54, 1.807) is 0 Å². The lowest BCUT2D eigenvalue weighted by Gasteiger charge is -2.26. The van der Waals surface area contributed by atoms with E-state index >= 15 is 0 Å². The molecule has 0 unspecified atom stereocenters. The molecule has 0 amide bonds. The van der Waals surface area contributed by atoms with Crippen molar-refractivity contribution in [2.75, 3.05) is 13.2 Å². The van der Waals surface area contributed by atoms with Crippen molar-refractivity contribution in [1.82, 2.24) is 0 Å². The molecule has 2 fully saturated rings. The average Bonchev–Trinajstić information content (AvgIpc) is 3.33. The van der Waals surface area contributed by atoms with Gasteiger partial charge in [-0.2, -0.15) is 0 Å². The number of rotatable bonds is 6. The van der Waals surface area contributed by atoms with E-state index in [0.29, 0.717) is 25.0 Å². The molecule has 2 aliphatic carbocycles. The molecule has 4 heteroatoms. The predicted molar refractivity (Wildman–Crippen MR) is 87.4 cm³/mol. The molecule has 0 aromatic heterocycles. The Balaban J connectivity index is 1.46. The van der Waals surface area contributed by atoms with Gasteiger partial charge in [0, 0.05) is 5.92 Å². The molecule has 0 aliphatic heterocycles. The molecule has 23 heavy (non-hydrogen) atoms. The number of aliphatic hydroxyl groups is 1. The Morgan fingerprint density at radius 1 is 1.22 bits per heavy atom. The first-order chi connectivity index (χ1) is 11.2. The molecule has 1 aromatic carbocycles. The summed E-state index contributed by atoms with van der Waals surface area (Å²) in [6.07, 6.45) is 4.77. The molecular weight excluding hydrogens is 292 g/mol. The van der Waals surface area contributed by atoms with Crippen LogP contribution >= 0.6 is 0 Å². The molecule has 1 N–H and O–H groups in total. The smallest absolute Gasteiger partial charge is 0.309 e. The van der Waals surface area contributed by atoms with Crippen molar-refractivity contribution < 1.29 is 19.4 Å². The molecule has 0 spiro atoms. The first-order valence-electron chi connectivity index (χ1n) is 8.74. The summed E-state index contributed by atoms with van der Waals surface area (Å²) in [7, 11) is 0. The van der Waals surface area contributed by atoms with Crippen LogP contribution in [0.1, 0.15) is 50.5 Å².